The van der Waals surface area contributed by atoms with Crippen LogP contribution in [0.4, 0.5) is 0 Å². The van der Waals surface area contributed by atoms with Crippen LogP contribution in [-0.2, 0) is 14.4 Å². The van der Waals surface area contributed by atoms with Gasteiger partial charge in [0.15, 0.2) is 0 Å². The molecule has 2 atom stereocenters. The second-order valence-electron chi connectivity index (χ2n) is 4.22. The van der Waals surface area contributed by atoms with Gasteiger partial charge in [0.2, 0.25) is 12.0 Å². The van der Waals surface area contributed by atoms with E-state index in [-0.39, 0.29) is 5.56 Å². The first-order valence-electron chi connectivity index (χ1n) is 5.50. The lowest BCUT2D eigenvalue weighted by atomic mass is 9.93. The van der Waals surface area contributed by atoms with Crippen molar-refractivity contribution >= 4 is 23.5 Å². The van der Waals surface area contributed by atoms with Crippen LogP contribution in [0.3, 0.4) is 0 Å². The Hall–Kier alpha value is -2.70. The third-order valence-corrected chi connectivity index (χ3v) is 3.08. The van der Waals surface area contributed by atoms with Crippen LogP contribution in [0, 0.1) is 5.92 Å². The summed E-state index contributed by atoms with van der Waals surface area (Å²) in [6, 6.07) is 5.87. The third kappa shape index (κ3) is 1.67. The highest BCUT2D eigenvalue weighted by molar-refractivity contribution is 6.23. The lowest BCUT2D eigenvalue weighted by Crippen LogP contribution is -2.26. The fraction of sp³-hybridized carbons (Fsp3) is 0.167. The van der Waals surface area contributed by atoms with Gasteiger partial charge in [-0.2, -0.15) is 0 Å². The predicted octanol–water partition coefficient (Wildman–Crippen LogP) is -0.240. The van der Waals surface area contributed by atoms with Crippen LogP contribution in [0.1, 0.15) is 15.9 Å². The zero-order valence-electron chi connectivity index (χ0n) is 9.49. The lowest BCUT2D eigenvalue weighted by molar-refractivity contribution is -0.129. The normalized spacial score (nSPS) is 24.5. The van der Waals surface area contributed by atoms with E-state index in [1.165, 1.54) is 24.3 Å². The number of hydrogen-bond donors (Lipinski definition) is 2. The van der Waals surface area contributed by atoms with Crippen LogP contribution in [0.25, 0.3) is 0 Å². The molecule has 2 aliphatic rings. The largest absolute Gasteiger partial charge is 0.478 e. The molecule has 2 unspecified atom stereocenters. The van der Waals surface area contributed by atoms with Crippen molar-refractivity contribution in [1.82, 2.24) is 5.32 Å². The number of fused-ring (bicyclic) bond motifs is 1. The number of nitrogens with zero attached hydrogens (tertiary/aromatic N) is 1. The summed E-state index contributed by atoms with van der Waals surface area (Å²) in [6.45, 7) is 0. The Bertz CT molecular complexity index is 620. The molecular weight excluding hydrogens is 252 g/mol. The standard InChI is InChI=1S/C12H8N2O5/c15-10-7-8(14-19-9(7)11(16)13-10)5-1-3-6(4-2-5)12(17)18/h1-4,7,9H,(H,17,18)(H,13,15,16). The number of carboxylic acid groups (broad SMARTS) is 1. The van der Waals surface area contributed by atoms with Crippen molar-refractivity contribution in [1.29, 1.82) is 0 Å². The number of benzene rings is 1. The van der Waals surface area contributed by atoms with Gasteiger partial charge in [0.25, 0.3) is 5.91 Å². The van der Waals surface area contributed by atoms with Crippen LogP contribution in [0.5, 0.6) is 0 Å². The summed E-state index contributed by atoms with van der Waals surface area (Å²) >= 11 is 0. The molecule has 0 aromatic heterocycles. The number of amides is 2. The number of carbonyl (C=O) groups is 3. The van der Waals surface area contributed by atoms with Gasteiger partial charge in [-0.15, -0.1) is 0 Å². The van der Waals surface area contributed by atoms with Gasteiger partial charge < -0.3 is 9.94 Å². The van der Waals surface area contributed by atoms with E-state index in [9.17, 15) is 14.4 Å². The molecule has 1 aromatic carbocycles. The van der Waals surface area contributed by atoms with Gasteiger partial charge in [-0.25, -0.2) is 4.79 Å². The minimum Gasteiger partial charge on any atom is -0.478 e. The number of aromatic carboxylic acids is 1. The van der Waals surface area contributed by atoms with Gasteiger partial charge in [-0.1, -0.05) is 17.3 Å². The van der Waals surface area contributed by atoms with E-state index in [0.717, 1.165) is 0 Å². The summed E-state index contributed by atoms with van der Waals surface area (Å²) < 4.78 is 0. The van der Waals surface area contributed by atoms with E-state index < -0.39 is 29.8 Å². The van der Waals surface area contributed by atoms with Crippen molar-refractivity contribution in [3.8, 4) is 0 Å². The maximum absolute atomic E-state index is 11.6. The van der Waals surface area contributed by atoms with Crippen molar-refractivity contribution in [2.75, 3.05) is 0 Å². The van der Waals surface area contributed by atoms with E-state index in [1.807, 2.05) is 0 Å². The minimum atomic E-state index is -1.04. The molecular formula is C12H8N2O5. The molecule has 7 heteroatoms. The number of imide groups is 1. The highest BCUT2D eigenvalue weighted by Crippen LogP contribution is 2.27. The first kappa shape index (κ1) is 11.4. The topological polar surface area (TPSA) is 105 Å². The van der Waals surface area contributed by atoms with Crippen LogP contribution in [-0.4, -0.2) is 34.7 Å². The molecule has 2 N–H and O–H groups in total. The van der Waals surface area contributed by atoms with Crippen molar-refractivity contribution < 1.29 is 24.3 Å². The second kappa shape index (κ2) is 3.91. The molecule has 19 heavy (non-hydrogen) atoms. The number of oxime groups is 1. The van der Waals surface area contributed by atoms with Gasteiger partial charge in [0.1, 0.15) is 11.6 Å². The van der Waals surface area contributed by atoms with Crippen LogP contribution in [0.15, 0.2) is 29.4 Å². The molecule has 0 spiro atoms. The molecule has 2 amide bonds. The van der Waals surface area contributed by atoms with Crippen LogP contribution < -0.4 is 5.32 Å². The Morgan fingerprint density at radius 2 is 1.89 bits per heavy atom. The molecule has 0 radical (unpaired) electrons. The molecule has 7 nitrogen and oxygen atoms in total. The van der Waals surface area contributed by atoms with E-state index in [0.29, 0.717) is 11.3 Å². The molecule has 96 valence electrons. The summed E-state index contributed by atoms with van der Waals surface area (Å²) in [5, 5.41) is 14.7. The molecule has 0 aliphatic carbocycles. The highest BCUT2D eigenvalue weighted by Gasteiger charge is 2.51. The molecule has 3 rings (SSSR count). The molecule has 0 bridgehead atoms. The molecule has 1 aromatic rings. The van der Waals surface area contributed by atoms with Gasteiger partial charge in [-0.3, -0.25) is 14.9 Å². The Morgan fingerprint density at radius 1 is 1.21 bits per heavy atom. The van der Waals surface area contributed by atoms with Crippen molar-refractivity contribution in [3.63, 3.8) is 0 Å². The molecule has 2 heterocycles. The summed E-state index contributed by atoms with van der Waals surface area (Å²) in [6.07, 6.45) is -0.915. The zero-order valence-corrected chi connectivity index (χ0v) is 9.49. The fourth-order valence-corrected chi connectivity index (χ4v) is 2.12. The smallest absolute Gasteiger partial charge is 0.335 e. The highest BCUT2D eigenvalue weighted by atomic mass is 16.6. The summed E-state index contributed by atoms with van der Waals surface area (Å²) in [4.78, 5) is 38.7. The van der Waals surface area contributed by atoms with Gasteiger partial charge in [0.05, 0.1) is 5.56 Å². The fourth-order valence-electron chi connectivity index (χ4n) is 2.12. The monoisotopic (exact) mass is 260 g/mol. The first-order chi connectivity index (χ1) is 9.08. The SMILES string of the molecule is O=C(O)c1ccc(C2=NOC3C(=O)NC(=O)C23)cc1. The van der Waals surface area contributed by atoms with Crippen molar-refractivity contribution in [2.24, 2.45) is 11.1 Å². The Morgan fingerprint density at radius 3 is 2.53 bits per heavy atom. The first-order valence-corrected chi connectivity index (χ1v) is 5.50. The second-order valence-corrected chi connectivity index (χ2v) is 4.22. The maximum Gasteiger partial charge on any atom is 0.335 e. The number of carbonyl (C=O) groups excluding carboxylic acids is 2. The maximum atomic E-state index is 11.6. The number of hydrogen-bond acceptors (Lipinski definition) is 5. The Labute approximate surface area is 106 Å². The summed E-state index contributed by atoms with van der Waals surface area (Å²) in [5.74, 6) is -2.75. The van der Waals surface area contributed by atoms with Gasteiger partial charge in [-0.05, 0) is 12.1 Å². The zero-order chi connectivity index (χ0) is 13.6. The lowest BCUT2D eigenvalue weighted by Gasteiger charge is -2.05. The Kier molecular flexibility index (Phi) is 2.34. The number of carboxylic acids is 1. The van der Waals surface area contributed by atoms with E-state index in [2.05, 4.69) is 10.5 Å². The third-order valence-electron chi connectivity index (χ3n) is 3.08. The summed E-state index contributed by atoms with van der Waals surface area (Å²) in [5.41, 5.74) is 1.03. The molecule has 1 fully saturated rings. The average molecular weight is 260 g/mol. The van der Waals surface area contributed by atoms with Crippen molar-refractivity contribution in [3.05, 3.63) is 35.4 Å². The molecule has 1 saturated heterocycles. The van der Waals surface area contributed by atoms with E-state index >= 15 is 0 Å². The summed E-state index contributed by atoms with van der Waals surface area (Å²) in [7, 11) is 0. The molecule has 2 aliphatic heterocycles. The van der Waals surface area contributed by atoms with Crippen LogP contribution >= 0.6 is 0 Å². The average Bonchev–Trinajstić information content (AvgIpc) is 2.93. The Balaban J connectivity index is 1.93. The molecule has 0 saturated carbocycles. The minimum absolute atomic E-state index is 0.131. The van der Waals surface area contributed by atoms with Crippen molar-refractivity contribution in [2.45, 2.75) is 6.10 Å². The number of nitrogens with one attached hydrogen (secondary N) is 1. The van der Waals surface area contributed by atoms with E-state index in [4.69, 9.17) is 9.94 Å². The van der Waals surface area contributed by atoms with E-state index in [1.54, 1.807) is 0 Å². The quantitative estimate of drug-likeness (QED) is 0.714. The predicted molar refractivity (Wildman–Crippen MR) is 61.5 cm³/mol. The van der Waals surface area contributed by atoms with Gasteiger partial charge in [0, 0.05) is 5.56 Å². The van der Waals surface area contributed by atoms with Crippen LogP contribution in [0.2, 0.25) is 0 Å². The van der Waals surface area contributed by atoms with Gasteiger partial charge >= 0.3 is 5.97 Å². The number of rotatable bonds is 2.